The third kappa shape index (κ3) is 3.61. The fraction of sp³-hybridized carbons (Fsp3) is 0.500. The van der Waals surface area contributed by atoms with Crippen LogP contribution in [-0.4, -0.2) is 31.6 Å². The molecule has 0 unspecified atom stereocenters. The topological polar surface area (TPSA) is 67.4 Å². The zero-order valence-electron chi connectivity index (χ0n) is 12.6. The zero-order valence-corrected chi connectivity index (χ0v) is 12.6. The Morgan fingerprint density at radius 1 is 1.29 bits per heavy atom. The molecule has 0 aromatic heterocycles. The van der Waals surface area contributed by atoms with Crippen LogP contribution in [0, 0.1) is 5.41 Å². The molecule has 5 heteroatoms. The summed E-state index contributed by atoms with van der Waals surface area (Å²) in [5.74, 6) is -0.454. The zero-order chi connectivity index (χ0) is 15.3. The maximum absolute atomic E-state index is 12.5. The largest absolute Gasteiger partial charge is 0.462 e. The van der Waals surface area contributed by atoms with Crippen molar-refractivity contribution < 1.29 is 14.3 Å². The quantitative estimate of drug-likeness (QED) is 0.834. The fourth-order valence-electron chi connectivity index (χ4n) is 2.46. The Kier molecular flexibility index (Phi) is 4.96. The lowest BCUT2D eigenvalue weighted by Gasteiger charge is -2.32. The summed E-state index contributed by atoms with van der Waals surface area (Å²) < 4.78 is 5.02. The molecule has 0 atom stereocenters. The highest BCUT2D eigenvalue weighted by Gasteiger charge is 2.35. The van der Waals surface area contributed by atoms with Gasteiger partial charge < -0.3 is 15.4 Å². The molecule has 1 aromatic carbocycles. The summed E-state index contributed by atoms with van der Waals surface area (Å²) >= 11 is 0. The third-order valence-electron chi connectivity index (χ3n) is 3.93. The van der Waals surface area contributed by atoms with Gasteiger partial charge in [-0.2, -0.15) is 0 Å². The minimum absolute atomic E-state index is 0.0410. The summed E-state index contributed by atoms with van der Waals surface area (Å²) in [5.41, 5.74) is 0.512. The van der Waals surface area contributed by atoms with E-state index in [1.54, 1.807) is 31.2 Å². The Morgan fingerprint density at radius 2 is 1.95 bits per heavy atom. The van der Waals surface area contributed by atoms with Crippen LogP contribution in [0.25, 0.3) is 0 Å². The predicted molar refractivity (Wildman–Crippen MR) is 81.2 cm³/mol. The first-order valence-electron chi connectivity index (χ1n) is 7.35. The number of anilines is 1. The van der Waals surface area contributed by atoms with Crippen molar-refractivity contribution in [3.05, 3.63) is 29.8 Å². The lowest BCUT2D eigenvalue weighted by Crippen LogP contribution is -2.43. The van der Waals surface area contributed by atoms with Gasteiger partial charge >= 0.3 is 5.97 Å². The second-order valence-electron chi connectivity index (χ2n) is 5.53. The molecule has 21 heavy (non-hydrogen) atoms. The molecule has 0 spiro atoms. The van der Waals surface area contributed by atoms with E-state index in [-0.39, 0.29) is 5.91 Å². The molecule has 1 aliphatic heterocycles. The van der Waals surface area contributed by atoms with Crippen LogP contribution in [0.4, 0.5) is 5.69 Å². The third-order valence-corrected chi connectivity index (χ3v) is 3.93. The molecule has 1 fully saturated rings. The Bertz CT molecular complexity index is 522. The Hall–Kier alpha value is -1.88. The van der Waals surface area contributed by atoms with Gasteiger partial charge in [0.05, 0.1) is 17.9 Å². The van der Waals surface area contributed by atoms with Gasteiger partial charge in [-0.1, -0.05) is 19.1 Å². The van der Waals surface area contributed by atoms with Crippen molar-refractivity contribution in [2.45, 2.75) is 26.7 Å². The predicted octanol–water partition coefficient (Wildman–Crippen LogP) is 2.19. The molecule has 0 radical (unpaired) electrons. The number of para-hydroxylation sites is 1. The molecule has 0 saturated carbocycles. The SMILES string of the molecule is CCOC(=O)c1ccccc1NC(=O)C1(C)CCNCC1. The number of ether oxygens (including phenoxy) is 1. The molecule has 2 N–H and O–H groups in total. The van der Waals surface area contributed by atoms with Crippen LogP contribution in [0.5, 0.6) is 0 Å². The molecule has 1 aliphatic rings. The van der Waals surface area contributed by atoms with Gasteiger partial charge in [-0.15, -0.1) is 0 Å². The molecule has 1 aromatic rings. The van der Waals surface area contributed by atoms with Gasteiger partial charge in [-0.3, -0.25) is 4.79 Å². The summed E-state index contributed by atoms with van der Waals surface area (Å²) in [4.78, 5) is 24.5. The van der Waals surface area contributed by atoms with E-state index < -0.39 is 11.4 Å². The van der Waals surface area contributed by atoms with Crippen molar-refractivity contribution >= 4 is 17.6 Å². The first-order valence-corrected chi connectivity index (χ1v) is 7.35. The number of amides is 1. The molecule has 0 aliphatic carbocycles. The Morgan fingerprint density at radius 3 is 2.62 bits per heavy atom. The lowest BCUT2D eigenvalue weighted by molar-refractivity contribution is -0.126. The van der Waals surface area contributed by atoms with Crippen LogP contribution in [0.2, 0.25) is 0 Å². The molecule has 2 rings (SSSR count). The number of esters is 1. The molecule has 1 heterocycles. The number of hydrogen-bond donors (Lipinski definition) is 2. The van der Waals surface area contributed by atoms with Gasteiger partial charge in [0.1, 0.15) is 0 Å². The Labute approximate surface area is 125 Å². The van der Waals surface area contributed by atoms with Crippen molar-refractivity contribution in [2.24, 2.45) is 5.41 Å². The smallest absolute Gasteiger partial charge is 0.340 e. The summed E-state index contributed by atoms with van der Waals surface area (Å²) in [6, 6.07) is 6.95. The maximum Gasteiger partial charge on any atom is 0.340 e. The van der Waals surface area contributed by atoms with Gasteiger partial charge in [-0.05, 0) is 45.0 Å². The molecular formula is C16H22N2O3. The van der Waals surface area contributed by atoms with Crippen LogP contribution in [0.3, 0.4) is 0 Å². The number of carbonyl (C=O) groups excluding carboxylic acids is 2. The minimum Gasteiger partial charge on any atom is -0.462 e. The van der Waals surface area contributed by atoms with Gasteiger partial charge in [0.2, 0.25) is 5.91 Å². The summed E-state index contributed by atoms with van der Waals surface area (Å²) in [7, 11) is 0. The standard InChI is InChI=1S/C16H22N2O3/c1-3-21-14(19)12-6-4-5-7-13(12)18-15(20)16(2)8-10-17-11-9-16/h4-7,17H,3,8-11H2,1-2H3,(H,18,20). The van der Waals surface area contributed by atoms with Gasteiger partial charge in [0, 0.05) is 5.41 Å². The highest BCUT2D eigenvalue weighted by atomic mass is 16.5. The lowest BCUT2D eigenvalue weighted by atomic mass is 9.80. The summed E-state index contributed by atoms with van der Waals surface area (Å²) in [6.45, 7) is 5.71. The van der Waals surface area contributed by atoms with E-state index in [9.17, 15) is 9.59 Å². The van der Waals surface area contributed by atoms with Crippen molar-refractivity contribution in [3.63, 3.8) is 0 Å². The molecule has 0 bridgehead atoms. The molecular weight excluding hydrogens is 268 g/mol. The molecule has 1 amide bonds. The van der Waals surface area contributed by atoms with Gasteiger partial charge in [-0.25, -0.2) is 4.79 Å². The number of rotatable bonds is 4. The fourth-order valence-corrected chi connectivity index (χ4v) is 2.46. The number of hydrogen-bond acceptors (Lipinski definition) is 4. The van der Waals surface area contributed by atoms with Gasteiger partial charge in [0.15, 0.2) is 0 Å². The van der Waals surface area contributed by atoms with Crippen molar-refractivity contribution in [3.8, 4) is 0 Å². The van der Waals surface area contributed by atoms with Crippen LogP contribution in [0.15, 0.2) is 24.3 Å². The van der Waals surface area contributed by atoms with E-state index in [1.807, 2.05) is 6.92 Å². The summed E-state index contributed by atoms with van der Waals surface area (Å²) in [5, 5.41) is 6.14. The van der Waals surface area contributed by atoms with Crippen LogP contribution in [0.1, 0.15) is 37.0 Å². The number of nitrogens with one attached hydrogen (secondary N) is 2. The van der Waals surface area contributed by atoms with Crippen LogP contribution >= 0.6 is 0 Å². The molecule has 1 saturated heterocycles. The average molecular weight is 290 g/mol. The monoisotopic (exact) mass is 290 g/mol. The second kappa shape index (κ2) is 6.72. The Balaban J connectivity index is 2.15. The maximum atomic E-state index is 12.5. The highest BCUT2D eigenvalue weighted by Crippen LogP contribution is 2.30. The highest BCUT2D eigenvalue weighted by molar-refractivity contribution is 6.02. The van der Waals surface area contributed by atoms with E-state index in [0.29, 0.717) is 17.9 Å². The minimum atomic E-state index is -0.413. The summed E-state index contributed by atoms with van der Waals surface area (Å²) in [6.07, 6.45) is 1.58. The number of piperidine rings is 1. The van der Waals surface area contributed by atoms with Crippen molar-refractivity contribution in [1.29, 1.82) is 0 Å². The van der Waals surface area contributed by atoms with E-state index in [1.165, 1.54) is 0 Å². The molecule has 114 valence electrons. The number of carbonyl (C=O) groups is 2. The molecule has 5 nitrogen and oxygen atoms in total. The van der Waals surface area contributed by atoms with Crippen molar-refractivity contribution in [2.75, 3.05) is 25.0 Å². The van der Waals surface area contributed by atoms with Crippen LogP contribution < -0.4 is 10.6 Å². The van der Waals surface area contributed by atoms with E-state index in [2.05, 4.69) is 10.6 Å². The number of benzene rings is 1. The van der Waals surface area contributed by atoms with Crippen LogP contribution in [-0.2, 0) is 9.53 Å². The normalized spacial score (nSPS) is 17.0. The van der Waals surface area contributed by atoms with E-state index in [0.717, 1.165) is 25.9 Å². The van der Waals surface area contributed by atoms with E-state index >= 15 is 0 Å². The van der Waals surface area contributed by atoms with E-state index in [4.69, 9.17) is 4.74 Å². The first-order chi connectivity index (χ1) is 10.1. The first kappa shape index (κ1) is 15.5. The van der Waals surface area contributed by atoms with Gasteiger partial charge in [0.25, 0.3) is 0 Å². The van der Waals surface area contributed by atoms with Crippen molar-refractivity contribution in [1.82, 2.24) is 5.32 Å². The second-order valence-corrected chi connectivity index (χ2v) is 5.53. The average Bonchev–Trinajstić information content (AvgIpc) is 2.48.